The fourth-order valence-corrected chi connectivity index (χ4v) is 2.70. The van der Waals surface area contributed by atoms with Crippen LogP contribution >= 0.6 is 0 Å². The first-order chi connectivity index (χ1) is 12.8. The molecule has 2 N–H and O–H groups in total. The maximum Gasteiger partial charge on any atom is 0.331 e. The standard InChI is InChI=1S/C21H24FNO4/c1-12(2)23-15-6-7-16(18(22)10-15)17-11-19(26-4)14(9-20(17)27-5)8-13(3)21(24)25/h6-12,23H,1-5H3,(H,24,25). The Hall–Kier alpha value is -3.02. The van der Waals surface area contributed by atoms with Crippen LogP contribution in [0.25, 0.3) is 17.2 Å². The van der Waals surface area contributed by atoms with Gasteiger partial charge in [0.1, 0.15) is 17.3 Å². The molecule has 0 aliphatic rings. The highest BCUT2D eigenvalue weighted by Crippen LogP contribution is 2.38. The highest BCUT2D eigenvalue weighted by atomic mass is 19.1. The molecular formula is C21H24FNO4. The van der Waals surface area contributed by atoms with Crippen molar-refractivity contribution in [1.29, 1.82) is 0 Å². The van der Waals surface area contributed by atoms with Crippen LogP contribution in [0.1, 0.15) is 26.3 Å². The number of carboxylic acids is 1. The van der Waals surface area contributed by atoms with Crippen molar-refractivity contribution in [3.05, 3.63) is 47.3 Å². The molecule has 0 atom stereocenters. The molecule has 2 aromatic carbocycles. The summed E-state index contributed by atoms with van der Waals surface area (Å²) < 4.78 is 25.5. The van der Waals surface area contributed by atoms with E-state index >= 15 is 0 Å². The molecule has 0 radical (unpaired) electrons. The Morgan fingerprint density at radius 1 is 1.11 bits per heavy atom. The summed E-state index contributed by atoms with van der Waals surface area (Å²) >= 11 is 0. The van der Waals surface area contributed by atoms with Crippen molar-refractivity contribution in [3.63, 3.8) is 0 Å². The van der Waals surface area contributed by atoms with Crippen molar-refractivity contribution in [2.24, 2.45) is 0 Å². The minimum Gasteiger partial charge on any atom is -0.496 e. The molecule has 0 amide bonds. The normalized spacial score (nSPS) is 11.4. The van der Waals surface area contributed by atoms with Gasteiger partial charge in [-0.15, -0.1) is 0 Å². The lowest BCUT2D eigenvalue weighted by atomic mass is 9.99. The summed E-state index contributed by atoms with van der Waals surface area (Å²) in [6, 6.07) is 8.38. The van der Waals surface area contributed by atoms with Crippen LogP contribution in [-0.2, 0) is 4.79 Å². The zero-order valence-corrected chi connectivity index (χ0v) is 16.1. The van der Waals surface area contributed by atoms with Gasteiger partial charge < -0.3 is 19.9 Å². The average molecular weight is 373 g/mol. The summed E-state index contributed by atoms with van der Waals surface area (Å²) in [6.07, 6.45) is 1.49. The van der Waals surface area contributed by atoms with Gasteiger partial charge in [0, 0.05) is 34.0 Å². The molecule has 144 valence electrons. The molecule has 0 aromatic heterocycles. The van der Waals surface area contributed by atoms with Crippen molar-refractivity contribution < 1.29 is 23.8 Å². The van der Waals surface area contributed by atoms with Gasteiger partial charge in [-0.3, -0.25) is 0 Å². The molecule has 27 heavy (non-hydrogen) atoms. The number of aliphatic carboxylic acids is 1. The van der Waals surface area contributed by atoms with Crippen LogP contribution in [0, 0.1) is 5.82 Å². The van der Waals surface area contributed by atoms with Crippen molar-refractivity contribution in [1.82, 2.24) is 0 Å². The van der Waals surface area contributed by atoms with Gasteiger partial charge in [0.2, 0.25) is 0 Å². The van der Waals surface area contributed by atoms with E-state index in [1.165, 1.54) is 33.3 Å². The summed E-state index contributed by atoms with van der Waals surface area (Å²) in [5.74, 6) is -0.579. The second-order valence-electron chi connectivity index (χ2n) is 6.42. The minimum atomic E-state index is -1.03. The fourth-order valence-electron chi connectivity index (χ4n) is 2.70. The number of benzene rings is 2. The van der Waals surface area contributed by atoms with E-state index in [4.69, 9.17) is 14.6 Å². The third-order valence-corrected chi connectivity index (χ3v) is 3.98. The Balaban J connectivity index is 2.57. The van der Waals surface area contributed by atoms with Crippen LogP contribution in [0.3, 0.4) is 0 Å². The van der Waals surface area contributed by atoms with E-state index in [0.29, 0.717) is 33.9 Å². The Bertz CT molecular complexity index is 875. The van der Waals surface area contributed by atoms with Crippen LogP contribution in [-0.4, -0.2) is 31.3 Å². The van der Waals surface area contributed by atoms with Gasteiger partial charge in [0.15, 0.2) is 0 Å². The first-order valence-electron chi connectivity index (χ1n) is 8.50. The summed E-state index contributed by atoms with van der Waals surface area (Å²) in [5.41, 5.74) is 2.27. The third kappa shape index (κ3) is 4.78. The molecular weight excluding hydrogens is 349 g/mol. The Morgan fingerprint density at radius 3 is 2.30 bits per heavy atom. The second-order valence-corrected chi connectivity index (χ2v) is 6.42. The van der Waals surface area contributed by atoms with Gasteiger partial charge in [0.25, 0.3) is 0 Å². The molecule has 6 heteroatoms. The smallest absolute Gasteiger partial charge is 0.331 e. The minimum absolute atomic E-state index is 0.151. The summed E-state index contributed by atoms with van der Waals surface area (Å²) in [5, 5.41) is 12.3. The van der Waals surface area contributed by atoms with Gasteiger partial charge in [-0.2, -0.15) is 0 Å². The first-order valence-corrected chi connectivity index (χ1v) is 8.50. The van der Waals surface area contributed by atoms with Gasteiger partial charge in [0.05, 0.1) is 14.2 Å². The summed E-state index contributed by atoms with van der Waals surface area (Å²) in [7, 11) is 2.96. The Morgan fingerprint density at radius 2 is 1.78 bits per heavy atom. The van der Waals surface area contributed by atoms with Crippen LogP contribution in [0.2, 0.25) is 0 Å². The van der Waals surface area contributed by atoms with E-state index in [1.807, 2.05) is 13.8 Å². The second kappa shape index (κ2) is 8.58. The molecule has 2 rings (SSSR count). The van der Waals surface area contributed by atoms with E-state index in [2.05, 4.69) is 5.32 Å². The SMILES string of the molecule is COc1cc(-c2ccc(NC(C)C)cc2F)c(OC)cc1C=C(C)C(=O)O. The maximum atomic E-state index is 14.7. The Kier molecular flexibility index (Phi) is 6.45. The zero-order valence-electron chi connectivity index (χ0n) is 16.1. The first kappa shape index (κ1) is 20.3. The van der Waals surface area contributed by atoms with Crippen LogP contribution in [0.15, 0.2) is 35.9 Å². The number of hydrogen-bond acceptors (Lipinski definition) is 4. The quantitative estimate of drug-likeness (QED) is 0.681. The highest BCUT2D eigenvalue weighted by Gasteiger charge is 2.16. The Labute approximate surface area is 158 Å². The topological polar surface area (TPSA) is 67.8 Å². The lowest BCUT2D eigenvalue weighted by molar-refractivity contribution is -0.132. The summed E-state index contributed by atoms with van der Waals surface area (Å²) in [4.78, 5) is 11.1. The number of nitrogens with one attached hydrogen (secondary N) is 1. The third-order valence-electron chi connectivity index (χ3n) is 3.98. The molecule has 0 fully saturated rings. The number of ether oxygens (including phenoxy) is 2. The van der Waals surface area contributed by atoms with Crippen molar-refractivity contribution >= 4 is 17.7 Å². The predicted molar refractivity (Wildman–Crippen MR) is 105 cm³/mol. The van der Waals surface area contributed by atoms with Crippen molar-refractivity contribution in [2.75, 3.05) is 19.5 Å². The van der Waals surface area contributed by atoms with Crippen LogP contribution in [0.5, 0.6) is 11.5 Å². The van der Waals surface area contributed by atoms with E-state index in [9.17, 15) is 9.18 Å². The number of methoxy groups -OCH3 is 2. The molecule has 5 nitrogen and oxygen atoms in total. The number of anilines is 1. The molecule has 2 aromatic rings. The average Bonchev–Trinajstić information content (AvgIpc) is 2.61. The number of carboxylic acid groups (broad SMARTS) is 1. The number of hydrogen-bond donors (Lipinski definition) is 2. The zero-order chi connectivity index (χ0) is 20.1. The maximum absolute atomic E-state index is 14.7. The van der Waals surface area contributed by atoms with E-state index in [1.54, 1.807) is 24.3 Å². The number of halogens is 1. The van der Waals surface area contributed by atoms with E-state index in [0.717, 1.165) is 0 Å². The van der Waals surface area contributed by atoms with E-state index < -0.39 is 11.8 Å². The van der Waals surface area contributed by atoms with Gasteiger partial charge in [-0.25, -0.2) is 9.18 Å². The molecule has 0 aliphatic heterocycles. The van der Waals surface area contributed by atoms with Crippen molar-refractivity contribution in [3.8, 4) is 22.6 Å². The summed E-state index contributed by atoms with van der Waals surface area (Å²) in [6.45, 7) is 5.44. The molecule has 0 spiro atoms. The molecule has 0 bridgehead atoms. The van der Waals surface area contributed by atoms with Gasteiger partial charge >= 0.3 is 5.97 Å². The molecule has 0 saturated heterocycles. The highest BCUT2D eigenvalue weighted by molar-refractivity contribution is 5.92. The molecule has 0 saturated carbocycles. The predicted octanol–water partition coefficient (Wildman–Crippen LogP) is 4.82. The van der Waals surface area contributed by atoms with Gasteiger partial charge in [-0.1, -0.05) is 0 Å². The largest absolute Gasteiger partial charge is 0.496 e. The van der Waals surface area contributed by atoms with Crippen molar-refractivity contribution in [2.45, 2.75) is 26.8 Å². The van der Waals surface area contributed by atoms with Crippen LogP contribution < -0.4 is 14.8 Å². The molecule has 0 unspecified atom stereocenters. The molecule has 0 heterocycles. The number of rotatable bonds is 7. The monoisotopic (exact) mass is 373 g/mol. The number of carbonyl (C=O) groups is 1. The van der Waals surface area contributed by atoms with E-state index in [-0.39, 0.29) is 11.6 Å². The fraction of sp³-hybridized carbons (Fsp3) is 0.286. The van der Waals surface area contributed by atoms with Crippen LogP contribution in [0.4, 0.5) is 10.1 Å². The van der Waals surface area contributed by atoms with Gasteiger partial charge in [-0.05, 0) is 57.2 Å². The lowest BCUT2D eigenvalue weighted by Crippen LogP contribution is -2.09. The molecule has 0 aliphatic carbocycles. The lowest BCUT2D eigenvalue weighted by Gasteiger charge is -2.16.